The molecule has 2 atom stereocenters. The molecule has 0 aliphatic heterocycles. The second-order valence-corrected chi connectivity index (χ2v) is 6.80. The Kier molecular flexibility index (Phi) is 3.56. The van der Waals surface area contributed by atoms with Gasteiger partial charge in [0.05, 0.1) is 18.1 Å². The van der Waals surface area contributed by atoms with E-state index in [0.717, 1.165) is 29.9 Å². The summed E-state index contributed by atoms with van der Waals surface area (Å²) in [6.07, 6.45) is 10.4. The Bertz CT molecular complexity index is 1180. The van der Waals surface area contributed by atoms with E-state index in [1.165, 1.54) is 0 Å². The molecule has 1 aliphatic rings. The number of nitrogens with one attached hydrogen (secondary N) is 1. The van der Waals surface area contributed by atoms with Gasteiger partial charge in [-0.15, -0.1) is 0 Å². The monoisotopic (exact) mass is 359 g/mol. The van der Waals surface area contributed by atoms with E-state index in [1.807, 2.05) is 13.0 Å². The molecule has 1 N–H and O–H groups in total. The van der Waals surface area contributed by atoms with E-state index < -0.39 is 0 Å². The van der Waals surface area contributed by atoms with Crippen molar-refractivity contribution in [1.29, 1.82) is 0 Å². The molecule has 1 fully saturated rings. The van der Waals surface area contributed by atoms with Crippen molar-refractivity contribution in [3.63, 3.8) is 0 Å². The first-order valence-electron chi connectivity index (χ1n) is 8.88. The fourth-order valence-electron chi connectivity index (χ4n) is 3.60. The summed E-state index contributed by atoms with van der Waals surface area (Å²) in [6.45, 7) is 1.98. The van der Waals surface area contributed by atoms with Gasteiger partial charge in [0.15, 0.2) is 5.65 Å². The van der Waals surface area contributed by atoms with Crippen molar-refractivity contribution < 1.29 is 0 Å². The smallest absolute Gasteiger partial charge is 0.262 e. The van der Waals surface area contributed by atoms with Crippen molar-refractivity contribution in [2.45, 2.75) is 31.6 Å². The van der Waals surface area contributed by atoms with Gasteiger partial charge in [-0.05, 0) is 37.5 Å². The summed E-state index contributed by atoms with van der Waals surface area (Å²) in [5.41, 5.74) is 2.19. The summed E-state index contributed by atoms with van der Waals surface area (Å²) >= 11 is 0. The Morgan fingerprint density at radius 1 is 1.11 bits per heavy atom. The van der Waals surface area contributed by atoms with Crippen molar-refractivity contribution in [1.82, 2.24) is 34.7 Å². The predicted molar refractivity (Wildman–Crippen MR) is 98.8 cm³/mol. The van der Waals surface area contributed by atoms with Gasteiger partial charge in [0.2, 0.25) is 0 Å². The van der Waals surface area contributed by atoms with Gasteiger partial charge >= 0.3 is 0 Å². The number of aromatic nitrogens is 7. The summed E-state index contributed by atoms with van der Waals surface area (Å²) in [5, 5.41) is 4.84. The Balaban J connectivity index is 1.62. The van der Waals surface area contributed by atoms with Crippen molar-refractivity contribution in [3.8, 4) is 5.69 Å². The van der Waals surface area contributed by atoms with Gasteiger partial charge < -0.3 is 4.98 Å². The fraction of sp³-hybridized carbons (Fsp3) is 0.263. The predicted octanol–water partition coefficient (Wildman–Crippen LogP) is 2.26. The molecule has 0 aromatic carbocycles. The highest BCUT2D eigenvalue weighted by molar-refractivity contribution is 5.75. The van der Waals surface area contributed by atoms with Gasteiger partial charge in [-0.3, -0.25) is 9.78 Å². The Morgan fingerprint density at radius 3 is 2.67 bits per heavy atom. The maximum absolute atomic E-state index is 12.6. The average Bonchev–Trinajstić information content (AvgIpc) is 3.06. The molecule has 0 amide bonds. The first-order chi connectivity index (χ1) is 13.2. The maximum Gasteiger partial charge on any atom is 0.262 e. The molecule has 4 heterocycles. The van der Waals surface area contributed by atoms with Crippen LogP contribution in [-0.4, -0.2) is 34.7 Å². The first-order valence-corrected chi connectivity index (χ1v) is 8.88. The second kappa shape index (κ2) is 6.08. The van der Waals surface area contributed by atoms with E-state index in [1.54, 1.807) is 41.7 Å². The van der Waals surface area contributed by atoms with Gasteiger partial charge in [0, 0.05) is 30.4 Å². The van der Waals surface area contributed by atoms with Gasteiger partial charge in [-0.2, -0.15) is 5.10 Å². The minimum Gasteiger partial charge on any atom is -0.310 e. The molecule has 8 nitrogen and oxygen atoms in total. The summed E-state index contributed by atoms with van der Waals surface area (Å²) in [7, 11) is 0. The Hall–Kier alpha value is -3.42. The third kappa shape index (κ3) is 2.52. The van der Waals surface area contributed by atoms with Crippen LogP contribution in [0, 0.1) is 6.92 Å². The fourth-order valence-corrected chi connectivity index (χ4v) is 3.60. The lowest BCUT2D eigenvalue weighted by Gasteiger charge is -2.34. The molecule has 134 valence electrons. The van der Waals surface area contributed by atoms with Crippen LogP contribution in [0.2, 0.25) is 0 Å². The SMILES string of the molecule is Cc1ccncc1-n1ncc2c(=O)[nH]c(C3CC[C@H]3c3ncccn3)nc21. The largest absolute Gasteiger partial charge is 0.310 e. The molecule has 1 saturated carbocycles. The number of hydrogen-bond acceptors (Lipinski definition) is 6. The van der Waals surface area contributed by atoms with Crippen molar-refractivity contribution in [2.24, 2.45) is 0 Å². The van der Waals surface area contributed by atoms with Crippen LogP contribution in [0.25, 0.3) is 16.7 Å². The average molecular weight is 359 g/mol. The minimum absolute atomic E-state index is 0.0999. The zero-order chi connectivity index (χ0) is 18.4. The lowest BCUT2D eigenvalue weighted by Crippen LogP contribution is -2.27. The summed E-state index contributed by atoms with van der Waals surface area (Å²) in [5.74, 6) is 1.73. The lowest BCUT2D eigenvalue weighted by atomic mass is 9.72. The number of rotatable bonds is 3. The number of fused-ring (bicyclic) bond motifs is 1. The lowest BCUT2D eigenvalue weighted by molar-refractivity contribution is 0.319. The highest BCUT2D eigenvalue weighted by Gasteiger charge is 2.37. The maximum atomic E-state index is 12.6. The zero-order valence-electron chi connectivity index (χ0n) is 14.7. The van der Waals surface area contributed by atoms with E-state index in [4.69, 9.17) is 4.98 Å². The van der Waals surface area contributed by atoms with Crippen molar-refractivity contribution >= 4 is 11.0 Å². The van der Waals surface area contributed by atoms with Crippen LogP contribution in [0.4, 0.5) is 0 Å². The molecule has 4 aromatic rings. The third-order valence-electron chi connectivity index (χ3n) is 5.24. The highest BCUT2D eigenvalue weighted by atomic mass is 16.1. The van der Waals surface area contributed by atoms with Gasteiger partial charge in [0.25, 0.3) is 5.56 Å². The van der Waals surface area contributed by atoms with E-state index in [-0.39, 0.29) is 17.4 Å². The van der Waals surface area contributed by atoms with Crippen LogP contribution < -0.4 is 5.56 Å². The molecule has 0 bridgehead atoms. The molecule has 4 aromatic heterocycles. The van der Waals surface area contributed by atoms with Crippen LogP contribution in [0.5, 0.6) is 0 Å². The number of H-pyrrole nitrogens is 1. The van der Waals surface area contributed by atoms with E-state index in [0.29, 0.717) is 16.9 Å². The normalized spacial score (nSPS) is 19.1. The zero-order valence-corrected chi connectivity index (χ0v) is 14.7. The van der Waals surface area contributed by atoms with Gasteiger partial charge in [-0.1, -0.05) is 0 Å². The molecule has 1 unspecified atom stereocenters. The molecule has 27 heavy (non-hydrogen) atoms. The topological polar surface area (TPSA) is 102 Å². The van der Waals surface area contributed by atoms with Crippen molar-refractivity contribution in [3.05, 3.63) is 70.7 Å². The van der Waals surface area contributed by atoms with Gasteiger partial charge in [0.1, 0.15) is 17.0 Å². The molecule has 0 radical (unpaired) electrons. The van der Waals surface area contributed by atoms with Crippen LogP contribution in [-0.2, 0) is 0 Å². The molecule has 0 spiro atoms. The Labute approximate surface area is 154 Å². The summed E-state index contributed by atoms with van der Waals surface area (Å²) in [6, 6.07) is 3.71. The first kappa shape index (κ1) is 15.8. The van der Waals surface area contributed by atoms with Crippen LogP contribution in [0.3, 0.4) is 0 Å². The second-order valence-electron chi connectivity index (χ2n) is 6.80. The molecule has 1 aliphatic carbocycles. The number of aryl methyl sites for hydroxylation is 1. The van der Waals surface area contributed by atoms with Gasteiger partial charge in [-0.25, -0.2) is 19.6 Å². The van der Waals surface area contributed by atoms with E-state index in [2.05, 4.69) is 25.0 Å². The quantitative estimate of drug-likeness (QED) is 0.602. The highest BCUT2D eigenvalue weighted by Crippen LogP contribution is 2.46. The van der Waals surface area contributed by atoms with E-state index in [9.17, 15) is 4.79 Å². The van der Waals surface area contributed by atoms with Crippen molar-refractivity contribution in [2.75, 3.05) is 0 Å². The number of hydrogen-bond donors (Lipinski definition) is 1. The number of nitrogens with zero attached hydrogens (tertiary/aromatic N) is 6. The van der Waals surface area contributed by atoms with Crippen LogP contribution >= 0.6 is 0 Å². The number of aromatic amines is 1. The molecular weight excluding hydrogens is 342 g/mol. The van der Waals surface area contributed by atoms with Crippen LogP contribution in [0.1, 0.15) is 41.9 Å². The minimum atomic E-state index is -0.178. The molecule has 0 saturated heterocycles. The van der Waals surface area contributed by atoms with E-state index >= 15 is 0 Å². The summed E-state index contributed by atoms with van der Waals surface area (Å²) in [4.78, 5) is 33.3. The Morgan fingerprint density at radius 2 is 1.93 bits per heavy atom. The number of pyridine rings is 1. The van der Waals surface area contributed by atoms with Crippen LogP contribution in [0.15, 0.2) is 47.9 Å². The molecule has 8 heteroatoms. The summed E-state index contributed by atoms with van der Waals surface area (Å²) < 4.78 is 1.68. The molecular formula is C19H17N7O. The third-order valence-corrected chi connectivity index (χ3v) is 5.24. The molecule has 5 rings (SSSR count). The standard InChI is InChI=1S/C19H17N7O/c1-11-5-8-20-10-15(11)26-18-14(9-23-26)19(27)25-17(24-18)13-4-3-12(13)16-21-6-2-7-22-16/h2,5-10,12-13H,3-4H2,1H3,(H,24,25,27)/t12-,13?/m1/s1.